The molecule has 0 aromatic heterocycles. The molecule has 0 bridgehead atoms. The van der Waals surface area contributed by atoms with Crippen molar-refractivity contribution in [3.63, 3.8) is 0 Å². The molecule has 0 spiro atoms. The molecule has 1 aliphatic heterocycles. The highest BCUT2D eigenvalue weighted by Crippen LogP contribution is 2.21. The van der Waals surface area contributed by atoms with Gasteiger partial charge in [-0.2, -0.15) is 0 Å². The van der Waals surface area contributed by atoms with Gasteiger partial charge in [0.15, 0.2) is 0 Å². The predicted molar refractivity (Wildman–Crippen MR) is 62.9 cm³/mol. The van der Waals surface area contributed by atoms with Crippen LogP contribution in [0.3, 0.4) is 0 Å². The Morgan fingerprint density at radius 3 is 2.62 bits per heavy atom. The van der Waals surface area contributed by atoms with Crippen LogP contribution >= 0.6 is 0 Å². The molecule has 1 heterocycles. The second kappa shape index (κ2) is 4.85. The lowest BCUT2D eigenvalue weighted by molar-refractivity contribution is -0.144. The molecule has 92 valence electrons. The normalized spacial score (nSPS) is 21.9. The fourth-order valence-corrected chi connectivity index (χ4v) is 1.97. The third-order valence-corrected chi connectivity index (χ3v) is 2.72. The molecule has 0 saturated carbocycles. The fraction of sp³-hybridized carbons (Fsp3) is 0.833. The summed E-state index contributed by atoms with van der Waals surface area (Å²) >= 11 is 0. The quantitative estimate of drug-likeness (QED) is 0.768. The van der Waals surface area contributed by atoms with Crippen LogP contribution in [0, 0.1) is 5.41 Å². The molecule has 1 rings (SSSR count). The fourth-order valence-electron chi connectivity index (χ4n) is 1.97. The zero-order valence-electron chi connectivity index (χ0n) is 10.7. The smallest absolute Gasteiger partial charge is 0.242 e. The number of carbonyl (C=O) groups excluding carboxylic acids is 2. The van der Waals surface area contributed by atoms with Crippen molar-refractivity contribution in [2.45, 2.75) is 46.6 Å². The SMILES string of the molecule is CCC1C(=O)NCCN1C(=O)CC(C)(C)C. The van der Waals surface area contributed by atoms with Gasteiger partial charge in [0.1, 0.15) is 6.04 Å². The van der Waals surface area contributed by atoms with Crippen LogP contribution in [-0.4, -0.2) is 35.8 Å². The lowest BCUT2D eigenvalue weighted by Crippen LogP contribution is -2.57. The summed E-state index contributed by atoms with van der Waals surface area (Å²) in [6.07, 6.45) is 1.18. The first-order chi connectivity index (χ1) is 7.35. The number of nitrogens with one attached hydrogen (secondary N) is 1. The molecule has 0 aromatic carbocycles. The summed E-state index contributed by atoms with van der Waals surface area (Å²) in [5, 5.41) is 2.80. The molecule has 2 amide bonds. The summed E-state index contributed by atoms with van der Waals surface area (Å²) in [4.78, 5) is 25.4. The number of amides is 2. The highest BCUT2D eigenvalue weighted by molar-refractivity contribution is 5.88. The van der Waals surface area contributed by atoms with Crippen molar-refractivity contribution in [1.29, 1.82) is 0 Å². The molecule has 16 heavy (non-hydrogen) atoms. The number of nitrogens with zero attached hydrogens (tertiary/aromatic N) is 1. The molecule has 4 heteroatoms. The van der Waals surface area contributed by atoms with Gasteiger partial charge in [-0.25, -0.2) is 0 Å². The highest BCUT2D eigenvalue weighted by Gasteiger charge is 2.32. The van der Waals surface area contributed by atoms with E-state index < -0.39 is 0 Å². The van der Waals surface area contributed by atoms with E-state index >= 15 is 0 Å². The molecule has 1 saturated heterocycles. The Kier molecular flexibility index (Phi) is 3.94. The largest absolute Gasteiger partial charge is 0.353 e. The third kappa shape index (κ3) is 3.22. The highest BCUT2D eigenvalue weighted by atomic mass is 16.2. The van der Waals surface area contributed by atoms with Crippen molar-refractivity contribution < 1.29 is 9.59 Å². The first kappa shape index (κ1) is 13.0. The number of carbonyl (C=O) groups is 2. The molecule has 1 unspecified atom stereocenters. The van der Waals surface area contributed by atoms with E-state index in [2.05, 4.69) is 5.32 Å². The summed E-state index contributed by atoms with van der Waals surface area (Å²) in [5.74, 6) is 0.0743. The molecule has 4 nitrogen and oxygen atoms in total. The second-order valence-electron chi connectivity index (χ2n) is 5.54. The minimum absolute atomic E-state index is 0.0176. The van der Waals surface area contributed by atoms with Gasteiger partial charge >= 0.3 is 0 Å². The van der Waals surface area contributed by atoms with E-state index in [4.69, 9.17) is 0 Å². The minimum Gasteiger partial charge on any atom is -0.353 e. The Labute approximate surface area is 97.4 Å². The number of piperazine rings is 1. The predicted octanol–water partition coefficient (Wildman–Crippen LogP) is 1.16. The van der Waals surface area contributed by atoms with Crippen LogP contribution in [0.1, 0.15) is 40.5 Å². The van der Waals surface area contributed by atoms with Gasteiger partial charge in [-0.15, -0.1) is 0 Å². The van der Waals surface area contributed by atoms with Crippen molar-refractivity contribution in [1.82, 2.24) is 10.2 Å². The Morgan fingerprint density at radius 1 is 1.50 bits per heavy atom. The maximum absolute atomic E-state index is 12.1. The van der Waals surface area contributed by atoms with Gasteiger partial charge < -0.3 is 10.2 Å². The van der Waals surface area contributed by atoms with Crippen LogP contribution in [0.25, 0.3) is 0 Å². The monoisotopic (exact) mass is 226 g/mol. The molecule has 1 aliphatic rings. The van der Waals surface area contributed by atoms with Crippen molar-refractivity contribution in [3.05, 3.63) is 0 Å². The van der Waals surface area contributed by atoms with Crippen LogP contribution < -0.4 is 5.32 Å². The first-order valence-electron chi connectivity index (χ1n) is 5.92. The third-order valence-electron chi connectivity index (χ3n) is 2.72. The van der Waals surface area contributed by atoms with Crippen LogP contribution in [0.15, 0.2) is 0 Å². The summed E-state index contributed by atoms with van der Waals surface area (Å²) < 4.78 is 0. The van der Waals surface area contributed by atoms with Gasteiger partial charge in [0.2, 0.25) is 11.8 Å². The molecule has 1 fully saturated rings. The molecule has 0 radical (unpaired) electrons. The number of rotatable bonds is 2. The van der Waals surface area contributed by atoms with Gasteiger partial charge in [-0.1, -0.05) is 27.7 Å². The van der Waals surface area contributed by atoms with Crippen LogP contribution in [0.4, 0.5) is 0 Å². The van der Waals surface area contributed by atoms with Crippen molar-refractivity contribution >= 4 is 11.8 Å². The van der Waals surface area contributed by atoms with E-state index in [1.54, 1.807) is 4.90 Å². The van der Waals surface area contributed by atoms with E-state index in [-0.39, 0.29) is 23.3 Å². The maximum atomic E-state index is 12.1. The average molecular weight is 226 g/mol. The van der Waals surface area contributed by atoms with Crippen LogP contribution in [0.5, 0.6) is 0 Å². The summed E-state index contributed by atoms with van der Waals surface area (Å²) in [5.41, 5.74) is -0.0245. The summed E-state index contributed by atoms with van der Waals surface area (Å²) in [6, 6.07) is -0.274. The zero-order valence-corrected chi connectivity index (χ0v) is 10.7. The van der Waals surface area contributed by atoms with E-state index in [9.17, 15) is 9.59 Å². The van der Waals surface area contributed by atoms with E-state index in [0.29, 0.717) is 25.9 Å². The first-order valence-corrected chi connectivity index (χ1v) is 5.92. The van der Waals surface area contributed by atoms with E-state index in [1.165, 1.54) is 0 Å². The van der Waals surface area contributed by atoms with Gasteiger partial charge in [0.05, 0.1) is 0 Å². The average Bonchev–Trinajstić information content (AvgIpc) is 2.14. The van der Waals surface area contributed by atoms with Gasteiger partial charge in [-0.3, -0.25) is 9.59 Å². The Hall–Kier alpha value is -1.06. The molecule has 1 atom stereocenters. The lowest BCUT2D eigenvalue weighted by Gasteiger charge is -2.36. The lowest BCUT2D eigenvalue weighted by atomic mass is 9.91. The molecular weight excluding hydrogens is 204 g/mol. The summed E-state index contributed by atoms with van der Waals surface area (Å²) in [6.45, 7) is 9.26. The Morgan fingerprint density at radius 2 is 2.12 bits per heavy atom. The van der Waals surface area contributed by atoms with Gasteiger partial charge in [0, 0.05) is 19.5 Å². The Balaban J connectivity index is 2.70. The van der Waals surface area contributed by atoms with Gasteiger partial charge in [-0.05, 0) is 11.8 Å². The molecular formula is C12H22N2O2. The van der Waals surface area contributed by atoms with Crippen molar-refractivity contribution in [2.75, 3.05) is 13.1 Å². The molecule has 0 aromatic rings. The van der Waals surface area contributed by atoms with Gasteiger partial charge in [0.25, 0.3) is 0 Å². The zero-order chi connectivity index (χ0) is 12.3. The second-order valence-corrected chi connectivity index (χ2v) is 5.54. The summed E-state index contributed by atoms with van der Waals surface area (Å²) in [7, 11) is 0. The van der Waals surface area contributed by atoms with Crippen LogP contribution in [0.2, 0.25) is 0 Å². The maximum Gasteiger partial charge on any atom is 0.242 e. The minimum atomic E-state index is -0.274. The van der Waals surface area contributed by atoms with Crippen molar-refractivity contribution in [3.8, 4) is 0 Å². The Bertz CT molecular complexity index is 281. The molecule has 1 N–H and O–H groups in total. The van der Waals surface area contributed by atoms with Crippen LogP contribution in [-0.2, 0) is 9.59 Å². The topological polar surface area (TPSA) is 49.4 Å². The number of hydrogen-bond acceptors (Lipinski definition) is 2. The molecule has 0 aliphatic carbocycles. The van der Waals surface area contributed by atoms with E-state index in [0.717, 1.165) is 0 Å². The van der Waals surface area contributed by atoms with E-state index in [1.807, 2.05) is 27.7 Å². The van der Waals surface area contributed by atoms with Crippen molar-refractivity contribution in [2.24, 2.45) is 5.41 Å². The standard InChI is InChI=1S/C12H22N2O2/c1-5-9-11(16)13-6-7-14(9)10(15)8-12(2,3)4/h9H,5-8H2,1-4H3,(H,13,16). The number of hydrogen-bond donors (Lipinski definition) is 1.